The first-order valence-electron chi connectivity index (χ1n) is 3.44. The lowest BCUT2D eigenvalue weighted by Gasteiger charge is -2.08. The number of aromatic hydroxyl groups is 1. The van der Waals surface area contributed by atoms with E-state index in [2.05, 4.69) is 0 Å². The Balaban J connectivity index is 3.42. The third kappa shape index (κ3) is 1.51. The van der Waals surface area contributed by atoms with E-state index in [9.17, 15) is 5.11 Å². The van der Waals surface area contributed by atoms with Gasteiger partial charge in [0.15, 0.2) is 0 Å². The highest BCUT2D eigenvalue weighted by Gasteiger charge is 2.11. The maximum atomic E-state index is 9.48. The molecule has 0 aliphatic heterocycles. The zero-order valence-corrected chi connectivity index (χ0v) is 8.08. The second-order valence-corrected chi connectivity index (χ2v) is 3.31. The number of halogens is 2. The fraction of sp³-hybridized carbons (Fsp3) is 0.250. The van der Waals surface area contributed by atoms with Crippen LogP contribution in [0.15, 0.2) is 6.07 Å². The van der Waals surface area contributed by atoms with Gasteiger partial charge in [0.2, 0.25) is 0 Å². The number of benzene rings is 1. The number of phenolic OH excluding ortho intramolecular Hbond substituents is 1. The molecule has 1 aromatic carbocycles. The lowest BCUT2D eigenvalue weighted by atomic mass is 10.1. The summed E-state index contributed by atoms with van der Waals surface area (Å²) in [4.78, 5) is 0. The molecule has 2 nitrogen and oxygen atoms in total. The zero-order valence-electron chi connectivity index (χ0n) is 6.56. The number of hydrogen-bond donors (Lipinski definition) is 2. The van der Waals surface area contributed by atoms with Crippen molar-refractivity contribution in [3.05, 3.63) is 27.2 Å². The van der Waals surface area contributed by atoms with Gasteiger partial charge in [-0.15, -0.1) is 0 Å². The van der Waals surface area contributed by atoms with Crippen LogP contribution in [-0.2, 0) is 6.54 Å². The number of phenols is 1. The third-order valence-electron chi connectivity index (χ3n) is 1.68. The fourth-order valence-electron chi connectivity index (χ4n) is 0.994. The van der Waals surface area contributed by atoms with Gasteiger partial charge in [-0.1, -0.05) is 23.2 Å². The van der Waals surface area contributed by atoms with Crippen LogP contribution in [0.5, 0.6) is 5.75 Å². The van der Waals surface area contributed by atoms with Gasteiger partial charge >= 0.3 is 0 Å². The van der Waals surface area contributed by atoms with Crippen molar-refractivity contribution < 1.29 is 5.11 Å². The Bertz CT molecular complexity index is 286. The van der Waals surface area contributed by atoms with Crippen molar-refractivity contribution in [1.82, 2.24) is 0 Å². The Morgan fingerprint density at radius 3 is 2.58 bits per heavy atom. The van der Waals surface area contributed by atoms with Crippen molar-refractivity contribution in [2.24, 2.45) is 5.73 Å². The van der Waals surface area contributed by atoms with E-state index >= 15 is 0 Å². The average Bonchev–Trinajstić information content (AvgIpc) is 2.02. The molecule has 0 aliphatic rings. The third-order valence-corrected chi connectivity index (χ3v) is 2.51. The Kier molecular flexibility index (Phi) is 2.83. The molecular formula is C8H9Cl2NO. The van der Waals surface area contributed by atoms with Gasteiger partial charge in [-0.05, 0) is 18.6 Å². The average molecular weight is 206 g/mol. The van der Waals surface area contributed by atoms with Gasteiger partial charge < -0.3 is 10.8 Å². The molecule has 0 amide bonds. The maximum Gasteiger partial charge on any atom is 0.124 e. The summed E-state index contributed by atoms with van der Waals surface area (Å²) >= 11 is 11.6. The first kappa shape index (κ1) is 9.65. The minimum absolute atomic E-state index is 0.131. The quantitative estimate of drug-likeness (QED) is 0.741. The highest BCUT2D eigenvalue weighted by molar-refractivity contribution is 6.42. The van der Waals surface area contributed by atoms with Crippen LogP contribution in [0.4, 0.5) is 0 Å². The SMILES string of the molecule is Cc1cc(Cl)c(Cl)c(CN)c1O. The molecule has 0 aliphatic carbocycles. The van der Waals surface area contributed by atoms with Gasteiger partial charge in [0, 0.05) is 12.1 Å². The van der Waals surface area contributed by atoms with E-state index in [4.69, 9.17) is 28.9 Å². The lowest BCUT2D eigenvalue weighted by molar-refractivity contribution is 0.464. The van der Waals surface area contributed by atoms with Crippen LogP contribution in [0.2, 0.25) is 10.0 Å². The molecule has 0 aromatic heterocycles. The van der Waals surface area contributed by atoms with Gasteiger partial charge in [0.25, 0.3) is 0 Å². The second kappa shape index (κ2) is 3.52. The summed E-state index contributed by atoms with van der Waals surface area (Å²) in [5, 5.41) is 10.2. The Hall–Kier alpha value is -0.440. The Labute approximate surface area is 80.9 Å². The van der Waals surface area contributed by atoms with Crippen LogP contribution in [0.25, 0.3) is 0 Å². The van der Waals surface area contributed by atoms with E-state index in [1.165, 1.54) is 0 Å². The van der Waals surface area contributed by atoms with Crippen molar-refractivity contribution in [3.63, 3.8) is 0 Å². The fourth-order valence-corrected chi connectivity index (χ4v) is 1.49. The van der Waals surface area contributed by atoms with Crippen LogP contribution < -0.4 is 5.73 Å². The predicted octanol–water partition coefficient (Wildman–Crippen LogP) is 2.47. The summed E-state index contributed by atoms with van der Waals surface area (Å²) in [6.45, 7) is 1.93. The minimum atomic E-state index is 0.131. The molecule has 0 spiro atoms. The van der Waals surface area contributed by atoms with Gasteiger partial charge in [-0.3, -0.25) is 0 Å². The van der Waals surface area contributed by atoms with E-state index in [0.29, 0.717) is 21.2 Å². The van der Waals surface area contributed by atoms with Gasteiger partial charge in [-0.2, -0.15) is 0 Å². The molecule has 3 N–H and O–H groups in total. The highest BCUT2D eigenvalue weighted by atomic mass is 35.5. The lowest BCUT2D eigenvalue weighted by Crippen LogP contribution is -1.99. The molecule has 0 heterocycles. The summed E-state index contributed by atoms with van der Waals surface area (Å²) in [7, 11) is 0. The molecule has 0 bridgehead atoms. The van der Waals surface area contributed by atoms with E-state index in [0.717, 1.165) is 0 Å². The minimum Gasteiger partial charge on any atom is -0.507 e. The zero-order chi connectivity index (χ0) is 9.30. The first-order chi connectivity index (χ1) is 5.57. The summed E-state index contributed by atoms with van der Waals surface area (Å²) in [6.07, 6.45) is 0. The number of nitrogens with two attached hydrogens (primary N) is 1. The first-order valence-corrected chi connectivity index (χ1v) is 4.20. The number of aryl methyl sites for hydroxylation is 1. The molecule has 0 fully saturated rings. The highest BCUT2D eigenvalue weighted by Crippen LogP contribution is 2.34. The van der Waals surface area contributed by atoms with Gasteiger partial charge in [-0.25, -0.2) is 0 Å². The smallest absolute Gasteiger partial charge is 0.124 e. The van der Waals surface area contributed by atoms with E-state index in [-0.39, 0.29) is 12.3 Å². The van der Waals surface area contributed by atoms with Crippen molar-refractivity contribution in [2.75, 3.05) is 0 Å². The molecule has 66 valence electrons. The van der Waals surface area contributed by atoms with Crippen LogP contribution in [0.3, 0.4) is 0 Å². The van der Waals surface area contributed by atoms with Crippen LogP contribution in [-0.4, -0.2) is 5.11 Å². The summed E-state index contributed by atoms with van der Waals surface area (Å²) in [6, 6.07) is 1.61. The summed E-state index contributed by atoms with van der Waals surface area (Å²) in [5.74, 6) is 0.131. The number of hydrogen-bond acceptors (Lipinski definition) is 2. The molecule has 4 heteroatoms. The topological polar surface area (TPSA) is 46.2 Å². The maximum absolute atomic E-state index is 9.48. The normalized spacial score (nSPS) is 10.3. The summed E-state index contributed by atoms with van der Waals surface area (Å²) in [5.41, 5.74) is 6.57. The van der Waals surface area contributed by atoms with Gasteiger partial charge in [0.1, 0.15) is 5.75 Å². The largest absolute Gasteiger partial charge is 0.507 e. The predicted molar refractivity (Wildman–Crippen MR) is 50.8 cm³/mol. The summed E-state index contributed by atoms with van der Waals surface area (Å²) < 4.78 is 0. The molecule has 0 radical (unpaired) electrons. The second-order valence-electron chi connectivity index (χ2n) is 2.52. The standard InChI is InChI=1S/C8H9Cl2NO/c1-4-2-6(9)7(10)5(3-11)8(4)12/h2,12H,3,11H2,1H3. The molecule has 0 saturated heterocycles. The molecular weight excluding hydrogens is 197 g/mol. The van der Waals surface area contributed by atoms with Crippen LogP contribution in [0, 0.1) is 6.92 Å². The van der Waals surface area contributed by atoms with E-state index in [1.54, 1.807) is 13.0 Å². The Morgan fingerprint density at radius 1 is 1.50 bits per heavy atom. The molecule has 0 saturated carbocycles. The molecule has 1 aromatic rings. The number of rotatable bonds is 1. The van der Waals surface area contributed by atoms with Crippen LogP contribution in [0.1, 0.15) is 11.1 Å². The monoisotopic (exact) mass is 205 g/mol. The van der Waals surface area contributed by atoms with Crippen LogP contribution >= 0.6 is 23.2 Å². The van der Waals surface area contributed by atoms with E-state index in [1.807, 2.05) is 0 Å². The molecule has 0 atom stereocenters. The molecule has 12 heavy (non-hydrogen) atoms. The van der Waals surface area contributed by atoms with Crippen molar-refractivity contribution >= 4 is 23.2 Å². The molecule has 1 rings (SSSR count). The molecule has 0 unspecified atom stereocenters. The van der Waals surface area contributed by atoms with Gasteiger partial charge in [0.05, 0.1) is 10.0 Å². The van der Waals surface area contributed by atoms with E-state index < -0.39 is 0 Å². The van der Waals surface area contributed by atoms with Crippen molar-refractivity contribution in [3.8, 4) is 5.75 Å². The Morgan fingerprint density at radius 2 is 2.08 bits per heavy atom. The van der Waals surface area contributed by atoms with Crippen molar-refractivity contribution in [2.45, 2.75) is 13.5 Å². The van der Waals surface area contributed by atoms with Crippen molar-refractivity contribution in [1.29, 1.82) is 0 Å².